The van der Waals surface area contributed by atoms with Gasteiger partial charge in [-0.1, -0.05) is 6.07 Å². The second kappa shape index (κ2) is 9.26. The fraction of sp³-hybridized carbons (Fsp3) is 0.391. The van der Waals surface area contributed by atoms with Crippen LogP contribution in [0.4, 0.5) is 0 Å². The Hall–Kier alpha value is -3.26. The van der Waals surface area contributed by atoms with Crippen LogP contribution in [0.3, 0.4) is 0 Å². The lowest BCUT2D eigenvalue weighted by molar-refractivity contribution is -0.133. The van der Waals surface area contributed by atoms with Gasteiger partial charge in [-0.3, -0.25) is 14.6 Å². The summed E-state index contributed by atoms with van der Waals surface area (Å²) in [4.78, 5) is 38.4. The maximum atomic E-state index is 13.3. The molecular formula is C23H27N5O3. The molecule has 3 aromatic rings. The van der Waals surface area contributed by atoms with Crippen LogP contribution in [0.1, 0.15) is 16.1 Å². The Morgan fingerprint density at radius 1 is 1.19 bits per heavy atom. The number of nitrogens with zero attached hydrogens (tertiary/aromatic N) is 5. The number of hydrogen-bond donors (Lipinski definition) is 0. The van der Waals surface area contributed by atoms with Gasteiger partial charge >= 0.3 is 0 Å². The molecule has 1 aliphatic heterocycles. The van der Waals surface area contributed by atoms with E-state index in [1.807, 2.05) is 41.0 Å². The highest BCUT2D eigenvalue weighted by Gasteiger charge is 2.31. The van der Waals surface area contributed by atoms with Crippen molar-refractivity contribution in [1.29, 1.82) is 0 Å². The molecule has 0 saturated carbocycles. The van der Waals surface area contributed by atoms with Crippen LogP contribution in [-0.2, 0) is 22.5 Å². The van der Waals surface area contributed by atoms with E-state index in [-0.39, 0.29) is 17.7 Å². The van der Waals surface area contributed by atoms with Gasteiger partial charge < -0.3 is 19.1 Å². The number of likely N-dealkylation sites (N-methyl/N-ethyl adjacent to an activating group) is 1. The molecule has 0 bridgehead atoms. The molecule has 31 heavy (non-hydrogen) atoms. The first-order chi connectivity index (χ1) is 15.1. The lowest BCUT2D eigenvalue weighted by atomic mass is 10.0. The van der Waals surface area contributed by atoms with Crippen LogP contribution in [0.2, 0.25) is 0 Å². The molecule has 162 valence electrons. The summed E-state index contributed by atoms with van der Waals surface area (Å²) in [5, 5.41) is 0. The highest BCUT2D eigenvalue weighted by atomic mass is 16.5. The van der Waals surface area contributed by atoms with Crippen molar-refractivity contribution in [2.45, 2.75) is 13.0 Å². The molecule has 0 aliphatic carbocycles. The van der Waals surface area contributed by atoms with Crippen LogP contribution in [0.25, 0.3) is 11.0 Å². The van der Waals surface area contributed by atoms with E-state index >= 15 is 0 Å². The smallest absolute Gasteiger partial charge is 0.254 e. The van der Waals surface area contributed by atoms with E-state index in [9.17, 15) is 9.59 Å². The molecule has 0 spiro atoms. The summed E-state index contributed by atoms with van der Waals surface area (Å²) in [5.74, 6) is -0.348. The minimum atomic E-state index is -0.316. The predicted octanol–water partition coefficient (Wildman–Crippen LogP) is 1.85. The Morgan fingerprint density at radius 2 is 2.06 bits per heavy atom. The number of pyridine rings is 1. The molecule has 3 heterocycles. The van der Waals surface area contributed by atoms with E-state index < -0.39 is 0 Å². The second-order valence-corrected chi connectivity index (χ2v) is 7.87. The Kier molecular flexibility index (Phi) is 6.27. The third-order valence-corrected chi connectivity index (χ3v) is 5.74. The van der Waals surface area contributed by atoms with E-state index in [1.54, 1.807) is 36.5 Å². The highest BCUT2D eigenvalue weighted by molar-refractivity contribution is 5.98. The average Bonchev–Trinajstić information content (AvgIpc) is 3.15. The fourth-order valence-corrected chi connectivity index (χ4v) is 3.98. The molecule has 0 unspecified atom stereocenters. The summed E-state index contributed by atoms with van der Waals surface area (Å²) >= 11 is 0. The van der Waals surface area contributed by atoms with E-state index in [0.717, 1.165) is 16.7 Å². The number of benzene rings is 1. The lowest BCUT2D eigenvalue weighted by Gasteiger charge is -2.23. The Morgan fingerprint density at radius 3 is 2.84 bits per heavy atom. The molecule has 1 atom stereocenters. The number of ether oxygens (including phenoxy) is 1. The van der Waals surface area contributed by atoms with Gasteiger partial charge in [0.1, 0.15) is 0 Å². The first-order valence-electron chi connectivity index (χ1n) is 10.4. The van der Waals surface area contributed by atoms with Crippen molar-refractivity contribution in [3.8, 4) is 0 Å². The van der Waals surface area contributed by atoms with Gasteiger partial charge in [0, 0.05) is 64.2 Å². The topological polar surface area (TPSA) is 80.6 Å². The van der Waals surface area contributed by atoms with Crippen molar-refractivity contribution >= 4 is 22.8 Å². The summed E-state index contributed by atoms with van der Waals surface area (Å²) in [6.07, 6.45) is 4.00. The standard InChI is InChI=1S/C23H27N5O3/c1-26-9-10-27(15-18(22(26)29)13-19-5-3-4-8-24-19)23(30)17-6-7-21-20(14-17)25-16-28(21)11-12-31-2/h3-8,14,16,18H,9-13,15H2,1-2H3/t18-/m1/s1. The largest absolute Gasteiger partial charge is 0.383 e. The number of aromatic nitrogens is 3. The van der Waals surface area contributed by atoms with Crippen LogP contribution in [0.15, 0.2) is 48.9 Å². The Bertz CT molecular complexity index is 1070. The van der Waals surface area contributed by atoms with Crippen LogP contribution in [0, 0.1) is 5.92 Å². The maximum Gasteiger partial charge on any atom is 0.254 e. The van der Waals surface area contributed by atoms with Crippen molar-refractivity contribution in [2.75, 3.05) is 40.4 Å². The molecular weight excluding hydrogens is 394 g/mol. The molecule has 2 aromatic heterocycles. The van der Waals surface area contributed by atoms with Gasteiger partial charge in [0.05, 0.1) is 29.9 Å². The molecule has 8 nitrogen and oxygen atoms in total. The van der Waals surface area contributed by atoms with Crippen molar-refractivity contribution < 1.29 is 14.3 Å². The molecule has 1 aliphatic rings. The van der Waals surface area contributed by atoms with Crippen molar-refractivity contribution in [3.63, 3.8) is 0 Å². The van der Waals surface area contributed by atoms with E-state index in [2.05, 4.69) is 9.97 Å². The number of fused-ring (bicyclic) bond motifs is 1. The van der Waals surface area contributed by atoms with Crippen LogP contribution in [0.5, 0.6) is 0 Å². The van der Waals surface area contributed by atoms with Gasteiger partial charge in [0.15, 0.2) is 0 Å². The zero-order chi connectivity index (χ0) is 21.8. The van der Waals surface area contributed by atoms with Crippen molar-refractivity contribution in [3.05, 3.63) is 60.2 Å². The van der Waals surface area contributed by atoms with Crippen molar-refractivity contribution in [2.24, 2.45) is 5.92 Å². The van der Waals surface area contributed by atoms with Gasteiger partial charge in [0.25, 0.3) is 5.91 Å². The van der Waals surface area contributed by atoms with E-state index in [1.165, 1.54) is 0 Å². The van der Waals surface area contributed by atoms with Crippen LogP contribution < -0.4 is 0 Å². The first-order valence-corrected chi connectivity index (χ1v) is 10.4. The normalized spacial score (nSPS) is 17.2. The number of carbonyl (C=O) groups is 2. The number of carbonyl (C=O) groups excluding carboxylic acids is 2. The highest BCUT2D eigenvalue weighted by Crippen LogP contribution is 2.20. The summed E-state index contributed by atoms with van der Waals surface area (Å²) in [5.41, 5.74) is 3.17. The fourth-order valence-electron chi connectivity index (χ4n) is 3.98. The van der Waals surface area contributed by atoms with Gasteiger partial charge in [0.2, 0.25) is 5.91 Å². The number of imidazole rings is 1. The molecule has 1 fully saturated rings. The van der Waals surface area contributed by atoms with Gasteiger partial charge in [-0.25, -0.2) is 4.98 Å². The number of amides is 2. The quantitative estimate of drug-likeness (QED) is 0.607. The molecule has 0 N–H and O–H groups in total. The van der Waals surface area contributed by atoms with Crippen molar-refractivity contribution in [1.82, 2.24) is 24.3 Å². The lowest BCUT2D eigenvalue weighted by Crippen LogP contribution is -2.37. The molecule has 2 amide bonds. The minimum Gasteiger partial charge on any atom is -0.383 e. The monoisotopic (exact) mass is 421 g/mol. The summed E-state index contributed by atoms with van der Waals surface area (Å²) in [7, 11) is 3.46. The van der Waals surface area contributed by atoms with Gasteiger partial charge in [-0.15, -0.1) is 0 Å². The second-order valence-electron chi connectivity index (χ2n) is 7.87. The van der Waals surface area contributed by atoms with E-state index in [0.29, 0.717) is 44.8 Å². The molecule has 4 rings (SSSR count). The Labute approximate surface area is 181 Å². The zero-order valence-electron chi connectivity index (χ0n) is 17.9. The van der Waals surface area contributed by atoms with Gasteiger partial charge in [-0.2, -0.15) is 0 Å². The predicted molar refractivity (Wildman–Crippen MR) is 117 cm³/mol. The molecule has 1 saturated heterocycles. The number of rotatable bonds is 6. The number of methoxy groups -OCH3 is 1. The molecule has 0 radical (unpaired) electrons. The van der Waals surface area contributed by atoms with Crippen LogP contribution >= 0.6 is 0 Å². The maximum absolute atomic E-state index is 13.3. The number of hydrogen-bond acceptors (Lipinski definition) is 5. The summed E-state index contributed by atoms with van der Waals surface area (Å²) in [6.45, 7) is 2.69. The SMILES string of the molecule is COCCn1cnc2cc(C(=O)N3CCN(C)C(=O)[C@H](Cc4ccccn4)C3)ccc21. The zero-order valence-corrected chi connectivity index (χ0v) is 17.9. The molecule has 1 aromatic carbocycles. The first kappa shape index (κ1) is 21.0. The molecule has 8 heteroatoms. The third-order valence-electron chi connectivity index (χ3n) is 5.74. The van der Waals surface area contributed by atoms with E-state index in [4.69, 9.17) is 4.74 Å². The average molecular weight is 422 g/mol. The third kappa shape index (κ3) is 4.59. The summed E-state index contributed by atoms with van der Waals surface area (Å²) < 4.78 is 7.15. The van der Waals surface area contributed by atoms with Gasteiger partial charge in [-0.05, 0) is 30.3 Å². The summed E-state index contributed by atoms with van der Waals surface area (Å²) in [6, 6.07) is 11.3. The Balaban J connectivity index is 1.54. The van der Waals surface area contributed by atoms with Crippen LogP contribution in [-0.4, -0.2) is 76.5 Å². The minimum absolute atomic E-state index is 0.0493.